The summed E-state index contributed by atoms with van der Waals surface area (Å²) in [7, 11) is 0. The monoisotopic (exact) mass is 804 g/mol. The SMILES string of the molecule is CCc1nc2c(cnn2CC)c(NC2CCOCC2)c1CNC(=O)c1cc(C)cc(C(=O)NCc2ccc(Cl)c(-c3cccc(CN4CCN(C(C)=O)CC4)c3)c2)c1. The number of ether oxygens (including phenoxy) is 1. The van der Waals surface area contributed by atoms with Crippen LogP contribution in [0.5, 0.6) is 0 Å². The minimum absolute atomic E-state index is 0.123. The standard InChI is InChI=1S/C45H53ClN8O4/c1-5-41-38(42(50-36-12-18-58-19-13-36)39-27-49-54(6-2)43(39)51-41)26-48-45(57)35-21-29(3)20-34(24-35)44(56)47-25-31-10-11-40(46)37(23-31)33-9-7-8-32(22-33)28-52-14-16-53(17-15-52)30(4)55/h7-11,20-24,27,36H,5-6,12-19,25-26,28H2,1-4H3,(H,47,56)(H,48,57)(H,50,51). The number of carbonyl (C=O) groups excluding carboxylic acids is 3. The number of piperazine rings is 1. The van der Waals surface area contributed by atoms with Gasteiger partial charge in [0.2, 0.25) is 5.91 Å². The third-order valence-electron chi connectivity index (χ3n) is 11.1. The molecule has 2 fully saturated rings. The molecule has 12 nitrogen and oxygen atoms in total. The second-order valence-corrected chi connectivity index (χ2v) is 15.7. The molecule has 0 aliphatic carbocycles. The van der Waals surface area contributed by atoms with Crippen LogP contribution in [-0.2, 0) is 42.1 Å². The number of pyridine rings is 1. The Labute approximate surface area is 345 Å². The average molecular weight is 805 g/mol. The largest absolute Gasteiger partial charge is 0.381 e. The predicted octanol–water partition coefficient (Wildman–Crippen LogP) is 6.76. The minimum Gasteiger partial charge on any atom is -0.381 e. The van der Waals surface area contributed by atoms with Crippen LogP contribution in [0.3, 0.4) is 0 Å². The van der Waals surface area contributed by atoms with Gasteiger partial charge in [0.1, 0.15) is 0 Å². The normalized spacial score (nSPS) is 15.1. The zero-order valence-corrected chi connectivity index (χ0v) is 34.6. The van der Waals surface area contributed by atoms with Gasteiger partial charge in [0.05, 0.1) is 17.3 Å². The summed E-state index contributed by atoms with van der Waals surface area (Å²) in [5, 5.41) is 16.1. The van der Waals surface area contributed by atoms with E-state index in [1.165, 1.54) is 5.56 Å². The van der Waals surface area contributed by atoms with Crippen molar-refractivity contribution >= 4 is 46.0 Å². The summed E-state index contributed by atoms with van der Waals surface area (Å²) in [6.45, 7) is 14.2. The van der Waals surface area contributed by atoms with Gasteiger partial charge in [0.25, 0.3) is 11.8 Å². The molecule has 0 radical (unpaired) electrons. The molecule has 2 saturated heterocycles. The highest BCUT2D eigenvalue weighted by Crippen LogP contribution is 2.32. The smallest absolute Gasteiger partial charge is 0.251 e. The molecule has 2 aliphatic rings. The molecule has 2 aliphatic heterocycles. The molecular weight excluding hydrogens is 752 g/mol. The second-order valence-electron chi connectivity index (χ2n) is 15.2. The quantitative estimate of drug-likeness (QED) is 0.119. The zero-order valence-electron chi connectivity index (χ0n) is 33.9. The lowest BCUT2D eigenvalue weighted by molar-refractivity contribution is -0.130. The Bertz CT molecular complexity index is 2290. The molecule has 304 valence electrons. The predicted molar refractivity (Wildman–Crippen MR) is 228 cm³/mol. The summed E-state index contributed by atoms with van der Waals surface area (Å²) < 4.78 is 7.51. The lowest BCUT2D eigenvalue weighted by Gasteiger charge is -2.34. The number of nitrogens with zero attached hydrogens (tertiary/aromatic N) is 5. The Hall–Kier alpha value is -5.30. The molecule has 58 heavy (non-hydrogen) atoms. The van der Waals surface area contributed by atoms with Crippen LogP contribution in [0, 0.1) is 6.92 Å². The molecule has 0 spiro atoms. The van der Waals surface area contributed by atoms with Gasteiger partial charge < -0.3 is 25.6 Å². The van der Waals surface area contributed by atoms with Crippen molar-refractivity contribution < 1.29 is 19.1 Å². The summed E-state index contributed by atoms with van der Waals surface area (Å²) in [5.74, 6) is -0.429. The number of hydrogen-bond donors (Lipinski definition) is 3. The van der Waals surface area contributed by atoms with Crippen molar-refractivity contribution in [1.82, 2.24) is 35.2 Å². The molecule has 5 aromatic rings. The van der Waals surface area contributed by atoms with Gasteiger partial charge in [0.15, 0.2) is 5.65 Å². The van der Waals surface area contributed by atoms with Gasteiger partial charge in [-0.2, -0.15) is 5.10 Å². The van der Waals surface area contributed by atoms with Gasteiger partial charge in [-0.15, -0.1) is 0 Å². The number of anilines is 1. The molecular formula is C45H53ClN8O4. The number of benzene rings is 3. The van der Waals surface area contributed by atoms with Crippen molar-refractivity contribution in [3.63, 3.8) is 0 Å². The summed E-state index contributed by atoms with van der Waals surface area (Å²) >= 11 is 6.72. The van der Waals surface area contributed by atoms with Gasteiger partial charge in [-0.25, -0.2) is 9.67 Å². The van der Waals surface area contributed by atoms with Gasteiger partial charge >= 0.3 is 0 Å². The molecule has 0 saturated carbocycles. The Kier molecular flexibility index (Phi) is 13.1. The van der Waals surface area contributed by atoms with Crippen LogP contribution in [0.15, 0.2) is 66.9 Å². The maximum absolute atomic E-state index is 13.8. The number of hydrogen-bond acceptors (Lipinski definition) is 8. The molecule has 0 atom stereocenters. The highest BCUT2D eigenvalue weighted by molar-refractivity contribution is 6.33. The maximum atomic E-state index is 13.8. The second kappa shape index (κ2) is 18.5. The van der Waals surface area contributed by atoms with Crippen LogP contribution in [-0.4, -0.2) is 87.7 Å². The van der Waals surface area contributed by atoms with E-state index >= 15 is 0 Å². The topological polar surface area (TPSA) is 134 Å². The molecule has 2 aromatic heterocycles. The molecule has 4 heterocycles. The minimum atomic E-state index is -0.278. The first-order valence-electron chi connectivity index (χ1n) is 20.3. The fourth-order valence-electron chi connectivity index (χ4n) is 7.92. The number of aromatic nitrogens is 3. The lowest BCUT2D eigenvalue weighted by Crippen LogP contribution is -2.47. The van der Waals surface area contributed by atoms with Crippen LogP contribution in [0.2, 0.25) is 5.02 Å². The van der Waals surface area contributed by atoms with E-state index in [4.69, 9.17) is 21.3 Å². The van der Waals surface area contributed by atoms with Gasteiger partial charge in [-0.3, -0.25) is 19.3 Å². The first kappa shape index (κ1) is 40.9. The van der Waals surface area contributed by atoms with E-state index < -0.39 is 0 Å². The van der Waals surface area contributed by atoms with Gasteiger partial charge in [0, 0.05) is 112 Å². The Balaban J connectivity index is 1.02. The molecule has 0 bridgehead atoms. The van der Waals surface area contributed by atoms with Crippen molar-refractivity contribution in [2.45, 2.75) is 79.2 Å². The van der Waals surface area contributed by atoms with Crippen LogP contribution in [0.4, 0.5) is 5.69 Å². The number of aryl methyl sites for hydroxylation is 3. The van der Waals surface area contributed by atoms with Crippen molar-refractivity contribution in [2.75, 3.05) is 44.7 Å². The number of fused-ring (bicyclic) bond motifs is 1. The molecule has 13 heteroatoms. The van der Waals surface area contributed by atoms with Crippen LogP contribution in [0.25, 0.3) is 22.2 Å². The highest BCUT2D eigenvalue weighted by atomic mass is 35.5. The van der Waals surface area contributed by atoms with E-state index in [1.807, 2.05) is 53.0 Å². The fraction of sp³-hybridized carbons (Fsp3) is 0.400. The third-order valence-corrected chi connectivity index (χ3v) is 11.5. The van der Waals surface area contributed by atoms with Crippen molar-refractivity contribution in [3.05, 3.63) is 111 Å². The summed E-state index contributed by atoms with van der Waals surface area (Å²) in [4.78, 5) is 48.3. The van der Waals surface area contributed by atoms with Crippen molar-refractivity contribution in [2.24, 2.45) is 0 Å². The Morgan fingerprint density at radius 2 is 1.60 bits per heavy atom. The van der Waals surface area contributed by atoms with Crippen molar-refractivity contribution in [1.29, 1.82) is 0 Å². The van der Waals surface area contributed by atoms with E-state index in [0.29, 0.717) is 42.3 Å². The summed E-state index contributed by atoms with van der Waals surface area (Å²) in [6.07, 6.45) is 4.33. The van der Waals surface area contributed by atoms with Crippen LogP contribution in [0.1, 0.15) is 82.3 Å². The zero-order chi connectivity index (χ0) is 40.8. The average Bonchev–Trinajstić information content (AvgIpc) is 3.66. The van der Waals surface area contributed by atoms with Crippen LogP contribution < -0.4 is 16.0 Å². The van der Waals surface area contributed by atoms with E-state index in [0.717, 1.165) is 95.8 Å². The molecule has 3 amide bonds. The van der Waals surface area contributed by atoms with E-state index in [1.54, 1.807) is 25.1 Å². The first-order chi connectivity index (χ1) is 28.1. The van der Waals surface area contributed by atoms with E-state index in [-0.39, 0.29) is 36.9 Å². The lowest BCUT2D eigenvalue weighted by atomic mass is 10.0. The van der Waals surface area contributed by atoms with Crippen LogP contribution >= 0.6 is 11.6 Å². The Morgan fingerprint density at radius 1 is 0.879 bits per heavy atom. The number of amides is 3. The van der Waals surface area contributed by atoms with E-state index in [9.17, 15) is 14.4 Å². The molecule has 0 unspecified atom stereocenters. The molecule has 3 N–H and O–H groups in total. The fourth-order valence-corrected chi connectivity index (χ4v) is 8.15. The molecule has 3 aromatic carbocycles. The maximum Gasteiger partial charge on any atom is 0.251 e. The highest BCUT2D eigenvalue weighted by Gasteiger charge is 2.23. The summed E-state index contributed by atoms with van der Waals surface area (Å²) in [6, 6.07) is 19.6. The Morgan fingerprint density at radius 3 is 2.29 bits per heavy atom. The number of carbonyl (C=O) groups is 3. The number of rotatable bonds is 13. The number of nitrogens with one attached hydrogen (secondary N) is 3. The summed E-state index contributed by atoms with van der Waals surface area (Å²) in [5.41, 5.74) is 9.19. The van der Waals surface area contributed by atoms with Crippen molar-refractivity contribution in [3.8, 4) is 11.1 Å². The van der Waals surface area contributed by atoms with E-state index in [2.05, 4.69) is 51.9 Å². The van der Waals surface area contributed by atoms with Gasteiger partial charge in [-0.05, 0) is 91.8 Å². The first-order valence-corrected chi connectivity index (χ1v) is 20.7. The van der Waals surface area contributed by atoms with Gasteiger partial charge in [-0.1, -0.05) is 42.8 Å². The third kappa shape index (κ3) is 9.52. The number of halogens is 1. The molecule has 7 rings (SSSR count).